The summed E-state index contributed by atoms with van der Waals surface area (Å²) in [6.07, 6.45) is 0. The molecule has 0 spiro atoms. The molecule has 0 aliphatic rings. The summed E-state index contributed by atoms with van der Waals surface area (Å²) in [5.41, 5.74) is 6.89. The molecule has 0 radical (unpaired) electrons. The standard InChI is InChI=1S/C12H18BrN3O/c1-15(2)6-7-16(3)12(17)10-8-9(14)4-5-11(10)13/h4-5,8H,6-7,14H2,1-3H3. The van der Waals surface area contributed by atoms with Gasteiger partial charge in [-0.3, -0.25) is 4.79 Å². The van der Waals surface area contributed by atoms with Crippen molar-refractivity contribution in [2.75, 3.05) is 40.0 Å². The molecule has 2 N–H and O–H groups in total. The Kier molecular flexibility index (Phi) is 4.96. The van der Waals surface area contributed by atoms with Crippen LogP contribution in [0.15, 0.2) is 22.7 Å². The van der Waals surface area contributed by atoms with Crippen LogP contribution in [0.1, 0.15) is 10.4 Å². The summed E-state index contributed by atoms with van der Waals surface area (Å²) in [5.74, 6) is -0.0222. The second-order valence-corrected chi connectivity index (χ2v) is 5.12. The molecular formula is C12H18BrN3O. The van der Waals surface area contributed by atoms with Crippen molar-refractivity contribution in [1.29, 1.82) is 0 Å². The monoisotopic (exact) mass is 299 g/mol. The maximum Gasteiger partial charge on any atom is 0.254 e. The molecule has 17 heavy (non-hydrogen) atoms. The van der Waals surface area contributed by atoms with Crippen LogP contribution in [-0.4, -0.2) is 49.9 Å². The van der Waals surface area contributed by atoms with Crippen molar-refractivity contribution >= 4 is 27.5 Å². The van der Waals surface area contributed by atoms with Gasteiger partial charge in [0.1, 0.15) is 0 Å². The fourth-order valence-corrected chi connectivity index (χ4v) is 1.78. The first-order valence-electron chi connectivity index (χ1n) is 5.37. The number of carbonyl (C=O) groups is 1. The largest absolute Gasteiger partial charge is 0.399 e. The van der Waals surface area contributed by atoms with E-state index in [9.17, 15) is 4.79 Å². The van der Waals surface area contributed by atoms with Gasteiger partial charge in [-0.15, -0.1) is 0 Å². The molecule has 1 rings (SSSR count). The predicted octanol–water partition coefficient (Wildman–Crippen LogP) is 1.66. The van der Waals surface area contributed by atoms with Crippen molar-refractivity contribution < 1.29 is 4.79 Å². The second-order valence-electron chi connectivity index (χ2n) is 4.27. The number of amides is 1. The Labute approximate surface area is 111 Å². The van der Waals surface area contributed by atoms with E-state index in [4.69, 9.17) is 5.73 Å². The molecule has 0 saturated heterocycles. The number of nitrogens with zero attached hydrogens (tertiary/aromatic N) is 2. The van der Waals surface area contributed by atoms with Gasteiger partial charge in [0.25, 0.3) is 5.91 Å². The maximum absolute atomic E-state index is 12.2. The molecule has 0 bridgehead atoms. The minimum atomic E-state index is -0.0222. The Balaban J connectivity index is 2.78. The number of hydrogen-bond acceptors (Lipinski definition) is 3. The molecule has 0 saturated carbocycles. The Morgan fingerprint density at radius 3 is 2.53 bits per heavy atom. The van der Waals surface area contributed by atoms with Crippen LogP contribution >= 0.6 is 15.9 Å². The SMILES string of the molecule is CN(C)CCN(C)C(=O)c1cc(N)ccc1Br. The van der Waals surface area contributed by atoms with Crippen molar-refractivity contribution in [2.45, 2.75) is 0 Å². The van der Waals surface area contributed by atoms with Gasteiger partial charge in [0.15, 0.2) is 0 Å². The van der Waals surface area contributed by atoms with E-state index in [0.29, 0.717) is 17.8 Å². The minimum absolute atomic E-state index is 0.0222. The van der Waals surface area contributed by atoms with Gasteiger partial charge in [-0.25, -0.2) is 0 Å². The van der Waals surface area contributed by atoms with Crippen LogP contribution in [0.3, 0.4) is 0 Å². The Hall–Kier alpha value is -1.07. The van der Waals surface area contributed by atoms with Crippen molar-refractivity contribution in [3.8, 4) is 0 Å². The lowest BCUT2D eigenvalue weighted by molar-refractivity contribution is 0.0785. The molecule has 1 aromatic rings. The molecule has 0 atom stereocenters. The molecule has 0 aliphatic heterocycles. The Morgan fingerprint density at radius 1 is 1.29 bits per heavy atom. The summed E-state index contributed by atoms with van der Waals surface area (Å²) in [7, 11) is 5.75. The van der Waals surface area contributed by atoms with Crippen molar-refractivity contribution in [1.82, 2.24) is 9.80 Å². The van der Waals surface area contributed by atoms with E-state index in [0.717, 1.165) is 11.0 Å². The highest BCUT2D eigenvalue weighted by Gasteiger charge is 2.14. The van der Waals surface area contributed by atoms with Gasteiger partial charge >= 0.3 is 0 Å². The first kappa shape index (κ1) is 14.0. The highest BCUT2D eigenvalue weighted by Crippen LogP contribution is 2.20. The number of halogens is 1. The third-order valence-electron chi connectivity index (χ3n) is 2.45. The molecule has 0 heterocycles. The van der Waals surface area contributed by atoms with Gasteiger partial charge in [-0.1, -0.05) is 0 Å². The van der Waals surface area contributed by atoms with E-state index in [1.54, 1.807) is 30.1 Å². The second kappa shape index (κ2) is 6.02. The minimum Gasteiger partial charge on any atom is -0.399 e. The molecule has 1 aromatic carbocycles. The summed E-state index contributed by atoms with van der Waals surface area (Å²) < 4.78 is 0.772. The Morgan fingerprint density at radius 2 is 1.94 bits per heavy atom. The number of benzene rings is 1. The van der Waals surface area contributed by atoms with Crippen molar-refractivity contribution in [3.63, 3.8) is 0 Å². The number of nitrogens with two attached hydrogens (primary N) is 1. The summed E-state index contributed by atoms with van der Waals surface area (Å²) in [6.45, 7) is 1.52. The predicted molar refractivity (Wildman–Crippen MR) is 74.1 cm³/mol. The van der Waals surface area contributed by atoms with Crippen LogP contribution in [0.2, 0.25) is 0 Å². The number of anilines is 1. The van der Waals surface area contributed by atoms with Crippen LogP contribution in [0.4, 0.5) is 5.69 Å². The summed E-state index contributed by atoms with van der Waals surface area (Å²) in [5, 5.41) is 0. The molecule has 5 heteroatoms. The molecule has 4 nitrogen and oxygen atoms in total. The van der Waals surface area contributed by atoms with E-state index in [1.165, 1.54) is 0 Å². The van der Waals surface area contributed by atoms with Crippen LogP contribution < -0.4 is 5.73 Å². The third kappa shape index (κ3) is 4.02. The van der Waals surface area contributed by atoms with Crippen LogP contribution in [-0.2, 0) is 0 Å². The summed E-state index contributed by atoms with van der Waals surface area (Å²) in [4.78, 5) is 15.9. The lowest BCUT2D eigenvalue weighted by Gasteiger charge is -2.20. The molecule has 0 unspecified atom stereocenters. The average molecular weight is 300 g/mol. The molecule has 94 valence electrons. The van der Waals surface area contributed by atoms with Gasteiger partial charge in [-0.2, -0.15) is 0 Å². The summed E-state index contributed by atoms with van der Waals surface area (Å²) >= 11 is 3.37. The number of nitrogen functional groups attached to an aromatic ring is 1. The van der Waals surface area contributed by atoms with E-state index in [-0.39, 0.29) is 5.91 Å². The first-order chi connectivity index (χ1) is 7.91. The van der Waals surface area contributed by atoms with Gasteiger partial charge in [0, 0.05) is 30.3 Å². The zero-order chi connectivity index (χ0) is 13.0. The van der Waals surface area contributed by atoms with E-state index < -0.39 is 0 Å². The van der Waals surface area contributed by atoms with Crippen LogP contribution in [0.25, 0.3) is 0 Å². The number of hydrogen-bond donors (Lipinski definition) is 1. The topological polar surface area (TPSA) is 49.6 Å². The molecule has 1 amide bonds. The van der Waals surface area contributed by atoms with Gasteiger partial charge in [0.2, 0.25) is 0 Å². The maximum atomic E-state index is 12.2. The quantitative estimate of drug-likeness (QED) is 0.861. The molecule has 0 aliphatic carbocycles. The van der Waals surface area contributed by atoms with E-state index >= 15 is 0 Å². The van der Waals surface area contributed by atoms with Crippen molar-refractivity contribution in [2.24, 2.45) is 0 Å². The lowest BCUT2D eigenvalue weighted by Crippen LogP contribution is -2.33. The van der Waals surface area contributed by atoms with Crippen molar-refractivity contribution in [3.05, 3.63) is 28.2 Å². The number of likely N-dealkylation sites (N-methyl/N-ethyl adjacent to an activating group) is 2. The first-order valence-corrected chi connectivity index (χ1v) is 6.16. The highest BCUT2D eigenvalue weighted by molar-refractivity contribution is 9.10. The lowest BCUT2D eigenvalue weighted by atomic mass is 10.2. The molecule has 0 fully saturated rings. The average Bonchev–Trinajstić information content (AvgIpc) is 2.28. The zero-order valence-electron chi connectivity index (χ0n) is 10.4. The van der Waals surface area contributed by atoms with Gasteiger partial charge in [-0.05, 0) is 48.2 Å². The fourth-order valence-electron chi connectivity index (χ4n) is 1.36. The van der Waals surface area contributed by atoms with Gasteiger partial charge < -0.3 is 15.5 Å². The zero-order valence-corrected chi connectivity index (χ0v) is 12.0. The smallest absolute Gasteiger partial charge is 0.254 e. The summed E-state index contributed by atoms with van der Waals surface area (Å²) in [6, 6.07) is 5.25. The number of carbonyl (C=O) groups excluding carboxylic acids is 1. The fraction of sp³-hybridized carbons (Fsp3) is 0.417. The van der Waals surface area contributed by atoms with Crippen LogP contribution in [0.5, 0.6) is 0 Å². The van der Waals surface area contributed by atoms with Crippen LogP contribution in [0, 0.1) is 0 Å². The third-order valence-corrected chi connectivity index (χ3v) is 3.14. The van der Waals surface area contributed by atoms with Gasteiger partial charge in [0.05, 0.1) is 5.56 Å². The van der Waals surface area contributed by atoms with E-state index in [2.05, 4.69) is 15.9 Å². The normalized spacial score (nSPS) is 10.6. The Bertz CT molecular complexity index is 407. The van der Waals surface area contributed by atoms with E-state index in [1.807, 2.05) is 19.0 Å². The molecule has 0 aromatic heterocycles. The highest BCUT2D eigenvalue weighted by atomic mass is 79.9. The number of rotatable bonds is 4. The molecular weight excluding hydrogens is 282 g/mol.